The predicted octanol–water partition coefficient (Wildman–Crippen LogP) is 20.9. The molecule has 0 aliphatic heterocycles. The largest absolute Gasteiger partial charge is 0.309 e. The van der Waals surface area contributed by atoms with Crippen molar-refractivity contribution >= 4 is 89.5 Å². The fourth-order valence-corrected chi connectivity index (χ4v) is 14.3. The Kier molecular flexibility index (Phi) is 10.7. The minimum atomic E-state index is -0.129. The van der Waals surface area contributed by atoms with E-state index in [1.807, 2.05) is 0 Å². The third-order valence-corrected chi connectivity index (χ3v) is 18.3. The summed E-state index contributed by atoms with van der Waals surface area (Å²) in [5.41, 5.74) is 25.3. The van der Waals surface area contributed by atoms with Crippen LogP contribution >= 0.6 is 0 Å². The molecule has 0 N–H and O–H groups in total. The van der Waals surface area contributed by atoms with Gasteiger partial charge in [0.2, 0.25) is 0 Å². The van der Waals surface area contributed by atoms with Crippen LogP contribution in [-0.4, -0.2) is 9.13 Å². The highest BCUT2D eigenvalue weighted by Gasteiger charge is 2.47. The molecule has 83 heavy (non-hydrogen) atoms. The van der Waals surface area contributed by atoms with Crippen LogP contribution in [0.4, 0.5) is 0 Å². The number of aromatic nitrogens is 2. The Hall–Kier alpha value is -10.5. The van der Waals surface area contributed by atoms with Crippen LogP contribution in [0.5, 0.6) is 0 Å². The summed E-state index contributed by atoms with van der Waals surface area (Å²) in [6, 6.07) is 104. The molecule has 2 aliphatic rings. The number of para-hydroxylation sites is 2. The molecule has 0 unspecified atom stereocenters. The normalized spacial score (nSPS) is 13.4. The number of fused-ring (bicyclic) bond motifs is 14. The fourth-order valence-electron chi connectivity index (χ4n) is 14.3. The molecule has 2 nitrogen and oxygen atoms in total. The maximum absolute atomic E-state index is 2.48. The molecule has 17 rings (SSSR count). The lowest BCUT2D eigenvalue weighted by atomic mass is 9.75. The van der Waals surface area contributed by atoms with Crippen molar-refractivity contribution in [1.29, 1.82) is 0 Å². The van der Waals surface area contributed by atoms with Crippen LogP contribution in [0.2, 0.25) is 0 Å². The summed E-state index contributed by atoms with van der Waals surface area (Å²) < 4.78 is 4.86. The first-order chi connectivity index (χ1) is 41.1. The van der Waals surface area contributed by atoms with Crippen molar-refractivity contribution in [2.24, 2.45) is 0 Å². The lowest BCUT2D eigenvalue weighted by molar-refractivity contribution is 0.563. The Labute approximate surface area is 482 Å². The van der Waals surface area contributed by atoms with Crippen molar-refractivity contribution in [1.82, 2.24) is 9.13 Å². The van der Waals surface area contributed by atoms with Gasteiger partial charge in [-0.15, -0.1) is 0 Å². The zero-order chi connectivity index (χ0) is 54.6. The van der Waals surface area contributed by atoms with Gasteiger partial charge in [-0.2, -0.15) is 0 Å². The summed E-state index contributed by atoms with van der Waals surface area (Å²) in [5, 5.41) is 10.0. The van der Waals surface area contributed by atoms with Gasteiger partial charge in [0.1, 0.15) is 0 Å². The van der Waals surface area contributed by atoms with Crippen molar-refractivity contribution in [2.45, 2.75) is 18.3 Å². The molecule has 388 valence electrons. The molecule has 0 atom stereocenters. The monoisotopic (exact) mass is 1050 g/mol. The van der Waals surface area contributed by atoms with E-state index in [1.165, 1.54) is 154 Å². The first-order valence-corrected chi connectivity index (χ1v) is 29.0. The standard InChI is InChI=1S/C81H54N2/c1-2-16-64-52-81(51-63(64)15-1)73-47-55(29-27-53-31-37-57(38-32-53)61-41-45-79-71(49-61)69-21-7-9-23-77(69)82(79)75-25-11-17-59-13-3-5-19-65(59)75)35-43-67(73)68-44-36-56(48-74(68)81)30-28-54-33-39-58(40-34-54)62-42-46-80-72(50-62)70-22-8-10-24-78(70)83(80)76-26-12-18-60-14-4-6-20-66(60)76/h1-50H,51-52H2/b29-27+,30-28+. The van der Waals surface area contributed by atoms with Crippen molar-refractivity contribution < 1.29 is 0 Å². The molecule has 1 spiro atoms. The van der Waals surface area contributed by atoms with E-state index in [2.05, 4.69) is 312 Å². The van der Waals surface area contributed by atoms with Crippen LogP contribution < -0.4 is 0 Å². The third-order valence-electron chi connectivity index (χ3n) is 18.3. The molecule has 2 heteroatoms. The number of benzene rings is 13. The van der Waals surface area contributed by atoms with Gasteiger partial charge in [0.25, 0.3) is 0 Å². The Bertz CT molecular complexity index is 4860. The smallest absolute Gasteiger partial charge is 0.0541 e. The van der Waals surface area contributed by atoms with Crippen LogP contribution in [0.25, 0.3) is 134 Å². The van der Waals surface area contributed by atoms with Gasteiger partial charge in [-0.05, 0) is 150 Å². The first kappa shape index (κ1) is 47.3. The minimum absolute atomic E-state index is 0.129. The van der Waals surface area contributed by atoms with Crippen LogP contribution in [-0.2, 0) is 18.3 Å². The van der Waals surface area contributed by atoms with E-state index in [0.717, 1.165) is 12.8 Å². The van der Waals surface area contributed by atoms with Crippen LogP contribution in [0.1, 0.15) is 44.5 Å². The summed E-state index contributed by atoms with van der Waals surface area (Å²) in [5.74, 6) is 0. The highest BCUT2D eigenvalue weighted by molar-refractivity contribution is 6.13. The Morgan fingerprint density at radius 1 is 0.265 bits per heavy atom. The van der Waals surface area contributed by atoms with Gasteiger partial charge in [0.05, 0.1) is 33.4 Å². The molecular formula is C81H54N2. The molecule has 0 saturated heterocycles. The SMILES string of the molecule is C(=C\c1ccc2c(c1)C1(Cc3ccccc3C1)c1cc(/C=C/c3ccc(-c4ccc5c(c4)c4ccccc4n5-c4cccc5ccccc45)cc3)ccc1-2)/c1ccc(-c2ccc3c(c2)c2ccccc2n3-c2cccc3ccccc23)cc1. The van der Waals surface area contributed by atoms with E-state index in [-0.39, 0.29) is 5.41 Å². The first-order valence-electron chi connectivity index (χ1n) is 29.0. The molecule has 13 aromatic carbocycles. The van der Waals surface area contributed by atoms with Crippen LogP contribution in [0.15, 0.2) is 279 Å². The summed E-state index contributed by atoms with van der Waals surface area (Å²) in [7, 11) is 0. The summed E-state index contributed by atoms with van der Waals surface area (Å²) >= 11 is 0. The zero-order valence-corrected chi connectivity index (χ0v) is 45.7. The van der Waals surface area contributed by atoms with E-state index in [0.29, 0.717) is 0 Å². The molecule has 2 aliphatic carbocycles. The Morgan fingerprint density at radius 3 is 1.10 bits per heavy atom. The Balaban J connectivity index is 0.642. The number of rotatable bonds is 8. The van der Waals surface area contributed by atoms with Gasteiger partial charge >= 0.3 is 0 Å². The molecule has 15 aromatic rings. The maximum atomic E-state index is 2.48. The molecule has 0 radical (unpaired) electrons. The summed E-state index contributed by atoms with van der Waals surface area (Å²) in [4.78, 5) is 0. The van der Waals surface area contributed by atoms with E-state index >= 15 is 0 Å². The average Bonchev–Trinajstić information content (AvgIpc) is 4.06. The van der Waals surface area contributed by atoms with Gasteiger partial charge < -0.3 is 9.13 Å². The molecule has 0 amide bonds. The lowest BCUT2D eigenvalue weighted by Gasteiger charge is -2.27. The third kappa shape index (κ3) is 7.64. The maximum Gasteiger partial charge on any atom is 0.0541 e. The molecule has 0 bridgehead atoms. The molecule has 0 fully saturated rings. The fraction of sp³-hybridized carbons (Fsp3) is 0.0370. The molecule has 0 saturated carbocycles. The highest BCUT2D eigenvalue weighted by Crippen LogP contribution is 2.56. The number of hydrogen-bond acceptors (Lipinski definition) is 0. The van der Waals surface area contributed by atoms with Gasteiger partial charge in [-0.3, -0.25) is 0 Å². The quantitative estimate of drug-likeness (QED) is 0.134. The lowest BCUT2D eigenvalue weighted by Crippen LogP contribution is -2.26. The topological polar surface area (TPSA) is 9.86 Å². The summed E-state index contributed by atoms with van der Waals surface area (Å²) in [6.45, 7) is 0. The van der Waals surface area contributed by atoms with Crippen molar-refractivity contribution in [3.8, 4) is 44.8 Å². The van der Waals surface area contributed by atoms with E-state index in [1.54, 1.807) is 0 Å². The minimum Gasteiger partial charge on any atom is -0.309 e. The summed E-state index contributed by atoms with van der Waals surface area (Å²) in [6.07, 6.45) is 11.1. The van der Waals surface area contributed by atoms with E-state index in [9.17, 15) is 0 Å². The molecule has 2 aromatic heterocycles. The van der Waals surface area contributed by atoms with Gasteiger partial charge in [0.15, 0.2) is 0 Å². The second-order valence-electron chi connectivity index (χ2n) is 22.9. The van der Waals surface area contributed by atoms with Gasteiger partial charge in [0, 0.05) is 37.7 Å². The van der Waals surface area contributed by atoms with E-state index < -0.39 is 0 Å². The van der Waals surface area contributed by atoms with Crippen molar-refractivity contribution in [3.63, 3.8) is 0 Å². The zero-order valence-electron chi connectivity index (χ0n) is 45.7. The highest BCUT2D eigenvalue weighted by atomic mass is 15.0. The van der Waals surface area contributed by atoms with Crippen molar-refractivity contribution in [2.75, 3.05) is 0 Å². The van der Waals surface area contributed by atoms with Crippen molar-refractivity contribution in [3.05, 3.63) is 324 Å². The average molecular weight is 1060 g/mol. The second-order valence-corrected chi connectivity index (χ2v) is 22.9. The van der Waals surface area contributed by atoms with Crippen LogP contribution in [0, 0.1) is 0 Å². The number of nitrogens with zero attached hydrogens (tertiary/aromatic N) is 2. The number of hydrogen-bond donors (Lipinski definition) is 0. The predicted molar refractivity (Wildman–Crippen MR) is 352 cm³/mol. The Morgan fingerprint density at radius 2 is 0.627 bits per heavy atom. The van der Waals surface area contributed by atoms with Crippen LogP contribution in [0.3, 0.4) is 0 Å². The molecular weight excluding hydrogens is 1000 g/mol. The molecule has 2 heterocycles. The van der Waals surface area contributed by atoms with E-state index in [4.69, 9.17) is 0 Å². The van der Waals surface area contributed by atoms with Gasteiger partial charge in [-0.25, -0.2) is 0 Å². The van der Waals surface area contributed by atoms with Gasteiger partial charge in [-0.1, -0.05) is 255 Å². The second kappa shape index (κ2) is 18.8.